The Hall–Kier alpha value is -1.97. The van der Waals surface area contributed by atoms with E-state index in [0.29, 0.717) is 12.2 Å². The molecule has 0 amide bonds. The molecule has 4 nitrogen and oxygen atoms in total. The van der Waals surface area contributed by atoms with Gasteiger partial charge in [0.25, 0.3) is 0 Å². The van der Waals surface area contributed by atoms with Crippen molar-refractivity contribution in [2.24, 2.45) is 0 Å². The van der Waals surface area contributed by atoms with Crippen molar-refractivity contribution in [3.8, 4) is 0 Å². The van der Waals surface area contributed by atoms with Gasteiger partial charge >= 0.3 is 0 Å². The summed E-state index contributed by atoms with van der Waals surface area (Å²) in [6, 6.07) is 3.87. The van der Waals surface area contributed by atoms with Gasteiger partial charge in [0.2, 0.25) is 0 Å². The number of aromatic nitrogens is 3. The van der Waals surface area contributed by atoms with Crippen molar-refractivity contribution in [2.75, 3.05) is 0 Å². The lowest BCUT2D eigenvalue weighted by Crippen LogP contribution is -2.11. The van der Waals surface area contributed by atoms with Gasteiger partial charge in [-0.15, -0.1) is 0 Å². The zero-order chi connectivity index (χ0) is 12.8. The summed E-state index contributed by atoms with van der Waals surface area (Å²) in [5.74, 6) is 0.677. The average molecular weight is 243 g/mol. The van der Waals surface area contributed by atoms with Crippen molar-refractivity contribution in [2.45, 2.75) is 32.7 Å². The Morgan fingerprint density at radius 3 is 2.78 bits per heavy atom. The van der Waals surface area contributed by atoms with Crippen LogP contribution >= 0.6 is 0 Å². The summed E-state index contributed by atoms with van der Waals surface area (Å²) in [7, 11) is 0. The molecule has 0 aliphatic heterocycles. The van der Waals surface area contributed by atoms with Crippen molar-refractivity contribution in [1.29, 1.82) is 0 Å². The van der Waals surface area contributed by atoms with Crippen LogP contribution in [0.25, 0.3) is 0 Å². The standard InChI is InChI=1S/C14H17N3O/c1-2-10-17-11-9-16-14(17)13(18)4-3-12-5-7-15-8-6-12/h5-9,11H,2-4,10H2,1H3. The van der Waals surface area contributed by atoms with Crippen LogP contribution in [0.5, 0.6) is 0 Å². The van der Waals surface area contributed by atoms with Gasteiger partial charge in [0.1, 0.15) is 0 Å². The SMILES string of the molecule is CCCn1ccnc1C(=O)CCc1ccncc1. The lowest BCUT2D eigenvalue weighted by atomic mass is 10.1. The summed E-state index contributed by atoms with van der Waals surface area (Å²) in [5, 5.41) is 0. The van der Waals surface area contributed by atoms with Gasteiger partial charge in [-0.2, -0.15) is 0 Å². The fraction of sp³-hybridized carbons (Fsp3) is 0.357. The minimum absolute atomic E-state index is 0.102. The number of aryl methyl sites for hydroxylation is 2. The molecule has 0 atom stereocenters. The van der Waals surface area contributed by atoms with E-state index in [4.69, 9.17) is 0 Å². The highest BCUT2D eigenvalue weighted by Gasteiger charge is 2.12. The maximum atomic E-state index is 12.1. The minimum Gasteiger partial charge on any atom is -0.329 e. The van der Waals surface area contributed by atoms with Gasteiger partial charge in [0.05, 0.1) is 0 Å². The molecule has 2 aromatic rings. The van der Waals surface area contributed by atoms with E-state index in [1.807, 2.05) is 22.9 Å². The van der Waals surface area contributed by atoms with Crippen LogP contribution in [0.4, 0.5) is 0 Å². The molecule has 0 aromatic carbocycles. The van der Waals surface area contributed by atoms with E-state index in [2.05, 4.69) is 16.9 Å². The van der Waals surface area contributed by atoms with Gasteiger partial charge in [-0.05, 0) is 30.5 Å². The van der Waals surface area contributed by atoms with Crippen LogP contribution in [0.15, 0.2) is 36.9 Å². The Morgan fingerprint density at radius 2 is 2.06 bits per heavy atom. The Balaban J connectivity index is 1.97. The third kappa shape index (κ3) is 3.03. The number of imidazole rings is 1. The Kier molecular flexibility index (Phi) is 4.23. The molecule has 2 heterocycles. The molecule has 0 radical (unpaired) electrons. The molecule has 94 valence electrons. The minimum atomic E-state index is 0.102. The van der Waals surface area contributed by atoms with Crippen molar-refractivity contribution >= 4 is 5.78 Å². The molecule has 0 N–H and O–H groups in total. The predicted octanol–water partition coefficient (Wildman–Crippen LogP) is 2.50. The summed E-state index contributed by atoms with van der Waals surface area (Å²) in [4.78, 5) is 20.2. The largest absolute Gasteiger partial charge is 0.329 e. The Morgan fingerprint density at radius 1 is 1.28 bits per heavy atom. The number of rotatable bonds is 6. The number of hydrogen-bond donors (Lipinski definition) is 0. The first-order chi connectivity index (χ1) is 8.81. The van der Waals surface area contributed by atoms with Gasteiger partial charge in [0.15, 0.2) is 11.6 Å². The number of hydrogen-bond acceptors (Lipinski definition) is 3. The van der Waals surface area contributed by atoms with E-state index in [-0.39, 0.29) is 5.78 Å². The van der Waals surface area contributed by atoms with Crippen LogP contribution in [-0.2, 0) is 13.0 Å². The van der Waals surface area contributed by atoms with Crippen LogP contribution in [0.2, 0.25) is 0 Å². The number of pyridine rings is 1. The Bertz CT molecular complexity index is 505. The third-order valence-corrected chi connectivity index (χ3v) is 2.82. The summed E-state index contributed by atoms with van der Waals surface area (Å²) in [5.41, 5.74) is 1.13. The van der Waals surface area contributed by atoms with E-state index in [9.17, 15) is 4.79 Å². The van der Waals surface area contributed by atoms with E-state index < -0.39 is 0 Å². The fourth-order valence-electron chi connectivity index (χ4n) is 1.90. The molecule has 0 bridgehead atoms. The highest BCUT2D eigenvalue weighted by Crippen LogP contribution is 2.07. The van der Waals surface area contributed by atoms with Crippen LogP contribution in [0, 0.1) is 0 Å². The van der Waals surface area contributed by atoms with Crippen LogP contribution < -0.4 is 0 Å². The number of carbonyl (C=O) groups excluding carboxylic acids is 1. The molecule has 0 fully saturated rings. The lowest BCUT2D eigenvalue weighted by Gasteiger charge is -2.05. The van der Waals surface area contributed by atoms with Gasteiger partial charge in [-0.3, -0.25) is 9.78 Å². The monoisotopic (exact) mass is 243 g/mol. The molecule has 2 rings (SSSR count). The maximum absolute atomic E-state index is 12.1. The zero-order valence-electron chi connectivity index (χ0n) is 10.5. The molecule has 0 aliphatic carbocycles. The quantitative estimate of drug-likeness (QED) is 0.732. The second-order valence-electron chi connectivity index (χ2n) is 4.22. The van der Waals surface area contributed by atoms with Crippen LogP contribution in [-0.4, -0.2) is 20.3 Å². The van der Waals surface area contributed by atoms with E-state index in [1.165, 1.54) is 0 Å². The molecule has 0 aliphatic rings. The molecule has 0 saturated heterocycles. The van der Waals surface area contributed by atoms with Gasteiger partial charge in [-0.25, -0.2) is 4.98 Å². The van der Waals surface area contributed by atoms with Gasteiger partial charge in [-0.1, -0.05) is 6.92 Å². The molecule has 0 saturated carbocycles. The van der Waals surface area contributed by atoms with E-state index >= 15 is 0 Å². The molecule has 4 heteroatoms. The van der Waals surface area contributed by atoms with Crippen LogP contribution in [0.1, 0.15) is 35.9 Å². The topological polar surface area (TPSA) is 47.8 Å². The summed E-state index contributed by atoms with van der Waals surface area (Å²) < 4.78 is 1.93. The first kappa shape index (κ1) is 12.5. The molecular weight excluding hydrogens is 226 g/mol. The molecule has 0 spiro atoms. The first-order valence-electron chi connectivity index (χ1n) is 6.24. The first-order valence-corrected chi connectivity index (χ1v) is 6.24. The van der Waals surface area contributed by atoms with Crippen molar-refractivity contribution < 1.29 is 4.79 Å². The predicted molar refractivity (Wildman–Crippen MR) is 69.4 cm³/mol. The molecule has 18 heavy (non-hydrogen) atoms. The maximum Gasteiger partial charge on any atom is 0.198 e. The number of nitrogens with zero attached hydrogens (tertiary/aromatic N) is 3. The number of Topliss-reactive ketones (excluding diaryl/α,β-unsaturated/α-hetero) is 1. The van der Waals surface area contributed by atoms with Crippen molar-refractivity contribution in [1.82, 2.24) is 14.5 Å². The number of carbonyl (C=O) groups is 1. The fourth-order valence-corrected chi connectivity index (χ4v) is 1.90. The lowest BCUT2D eigenvalue weighted by molar-refractivity contribution is 0.0968. The highest BCUT2D eigenvalue weighted by atomic mass is 16.1. The summed E-state index contributed by atoms with van der Waals surface area (Å²) in [6.45, 7) is 2.93. The second kappa shape index (κ2) is 6.10. The van der Waals surface area contributed by atoms with Crippen molar-refractivity contribution in [3.05, 3.63) is 48.3 Å². The van der Waals surface area contributed by atoms with Crippen LogP contribution in [0.3, 0.4) is 0 Å². The molecule has 0 unspecified atom stereocenters. The van der Waals surface area contributed by atoms with E-state index in [1.54, 1.807) is 18.6 Å². The Labute approximate surface area is 107 Å². The highest BCUT2D eigenvalue weighted by molar-refractivity contribution is 5.92. The second-order valence-corrected chi connectivity index (χ2v) is 4.22. The molecule has 2 aromatic heterocycles. The van der Waals surface area contributed by atoms with E-state index in [0.717, 1.165) is 24.9 Å². The normalized spacial score (nSPS) is 10.5. The number of ketones is 1. The van der Waals surface area contributed by atoms with Crippen molar-refractivity contribution in [3.63, 3.8) is 0 Å². The average Bonchev–Trinajstić information content (AvgIpc) is 2.86. The molecular formula is C14H17N3O. The smallest absolute Gasteiger partial charge is 0.198 e. The van der Waals surface area contributed by atoms with Gasteiger partial charge in [0, 0.05) is 37.8 Å². The zero-order valence-corrected chi connectivity index (χ0v) is 10.5. The third-order valence-electron chi connectivity index (χ3n) is 2.82. The summed E-state index contributed by atoms with van der Waals surface area (Å²) in [6.07, 6.45) is 9.28. The van der Waals surface area contributed by atoms with Gasteiger partial charge < -0.3 is 4.57 Å². The summed E-state index contributed by atoms with van der Waals surface area (Å²) >= 11 is 0.